The summed E-state index contributed by atoms with van der Waals surface area (Å²) in [5.41, 5.74) is 7.07. The van der Waals surface area contributed by atoms with Crippen molar-refractivity contribution in [2.75, 3.05) is 11.9 Å². The number of nitrogens with one attached hydrogen (secondary N) is 1. The Morgan fingerprint density at radius 3 is 2.41 bits per heavy atom. The van der Waals surface area contributed by atoms with Gasteiger partial charge in [-0.15, -0.1) is 11.3 Å². The molecule has 1 aromatic heterocycles. The quantitative estimate of drug-likeness (QED) is 0.888. The van der Waals surface area contributed by atoms with E-state index in [2.05, 4.69) is 5.32 Å². The number of primary amides is 1. The van der Waals surface area contributed by atoms with E-state index in [0.717, 1.165) is 10.4 Å². The van der Waals surface area contributed by atoms with Gasteiger partial charge < -0.3 is 15.8 Å². The Balaban J connectivity index is 2.22. The third-order valence-electron chi connectivity index (χ3n) is 3.29. The number of nitrogens with two attached hydrogens (primary N) is 1. The van der Waals surface area contributed by atoms with Crippen LogP contribution in [-0.4, -0.2) is 18.4 Å². The fraction of sp³-hybridized carbons (Fsp3) is 0.250. The zero-order valence-corrected chi connectivity index (χ0v) is 13.5. The second-order valence-electron chi connectivity index (χ2n) is 4.76. The molecule has 0 unspecified atom stereocenters. The summed E-state index contributed by atoms with van der Waals surface area (Å²) in [5, 5.41) is 3.25. The summed E-state index contributed by atoms with van der Waals surface area (Å²) in [4.78, 5) is 24.8. The Hall–Kier alpha value is -2.34. The molecule has 0 atom stereocenters. The first-order valence-corrected chi connectivity index (χ1v) is 7.69. The lowest BCUT2D eigenvalue weighted by Crippen LogP contribution is -2.17. The number of carbonyl (C=O) groups is 2. The van der Waals surface area contributed by atoms with Gasteiger partial charge in [0.2, 0.25) is 0 Å². The van der Waals surface area contributed by atoms with Crippen LogP contribution in [0, 0.1) is 13.8 Å². The van der Waals surface area contributed by atoms with Crippen LogP contribution in [0.4, 0.5) is 5.00 Å². The fourth-order valence-corrected chi connectivity index (χ4v) is 3.12. The largest absolute Gasteiger partial charge is 0.494 e. The molecule has 2 rings (SSSR count). The Morgan fingerprint density at radius 2 is 1.86 bits per heavy atom. The standard InChI is InChI=1S/C16H18N2O3S/c1-4-21-12-7-5-11(6-8-12)15(20)18-16-13(14(17)19)9(2)10(3)22-16/h5-8H,4H2,1-3H3,(H2,17,19)(H,18,20). The molecule has 0 radical (unpaired) electrons. The summed E-state index contributed by atoms with van der Waals surface area (Å²) in [6.45, 7) is 6.17. The average molecular weight is 318 g/mol. The van der Waals surface area contributed by atoms with E-state index in [1.165, 1.54) is 11.3 Å². The number of benzene rings is 1. The van der Waals surface area contributed by atoms with Crippen LogP contribution in [0.1, 0.15) is 38.1 Å². The maximum Gasteiger partial charge on any atom is 0.256 e. The van der Waals surface area contributed by atoms with Gasteiger partial charge in [-0.3, -0.25) is 9.59 Å². The van der Waals surface area contributed by atoms with Gasteiger partial charge in [0.05, 0.1) is 12.2 Å². The number of ether oxygens (including phenoxy) is 1. The normalized spacial score (nSPS) is 10.3. The molecule has 22 heavy (non-hydrogen) atoms. The number of hydrogen-bond acceptors (Lipinski definition) is 4. The maximum atomic E-state index is 12.3. The molecule has 1 heterocycles. The molecular formula is C16H18N2O3S. The fourth-order valence-electron chi connectivity index (χ4n) is 2.06. The maximum absolute atomic E-state index is 12.3. The van der Waals surface area contributed by atoms with Crippen molar-refractivity contribution < 1.29 is 14.3 Å². The van der Waals surface area contributed by atoms with Gasteiger partial charge in [-0.05, 0) is 50.6 Å². The smallest absolute Gasteiger partial charge is 0.256 e. The van der Waals surface area contributed by atoms with E-state index >= 15 is 0 Å². The highest BCUT2D eigenvalue weighted by Gasteiger charge is 2.19. The van der Waals surface area contributed by atoms with E-state index < -0.39 is 5.91 Å². The Labute approximate surface area is 133 Å². The third-order valence-corrected chi connectivity index (χ3v) is 4.41. The highest BCUT2D eigenvalue weighted by Crippen LogP contribution is 2.32. The van der Waals surface area contributed by atoms with Crippen molar-refractivity contribution in [2.45, 2.75) is 20.8 Å². The summed E-state index contributed by atoms with van der Waals surface area (Å²) in [7, 11) is 0. The molecular weight excluding hydrogens is 300 g/mol. The average Bonchev–Trinajstić information content (AvgIpc) is 2.74. The van der Waals surface area contributed by atoms with Crippen molar-refractivity contribution in [1.29, 1.82) is 0 Å². The van der Waals surface area contributed by atoms with Crippen LogP contribution < -0.4 is 15.8 Å². The molecule has 0 aliphatic rings. The predicted octanol–water partition coefficient (Wildman–Crippen LogP) is 3.11. The highest BCUT2D eigenvalue weighted by atomic mass is 32.1. The molecule has 2 aromatic rings. The second-order valence-corrected chi connectivity index (χ2v) is 5.99. The van der Waals surface area contributed by atoms with Crippen molar-refractivity contribution in [3.8, 4) is 5.75 Å². The van der Waals surface area contributed by atoms with E-state index in [1.54, 1.807) is 24.3 Å². The van der Waals surface area contributed by atoms with Crippen molar-refractivity contribution in [3.63, 3.8) is 0 Å². The van der Waals surface area contributed by atoms with E-state index in [0.29, 0.717) is 28.5 Å². The Morgan fingerprint density at radius 1 is 1.23 bits per heavy atom. The van der Waals surface area contributed by atoms with Gasteiger partial charge in [-0.2, -0.15) is 0 Å². The van der Waals surface area contributed by atoms with Gasteiger partial charge in [-0.1, -0.05) is 0 Å². The molecule has 6 heteroatoms. The number of amides is 2. The van der Waals surface area contributed by atoms with Gasteiger partial charge >= 0.3 is 0 Å². The van der Waals surface area contributed by atoms with Crippen LogP contribution in [-0.2, 0) is 0 Å². The van der Waals surface area contributed by atoms with Crippen LogP contribution in [0.5, 0.6) is 5.75 Å². The Kier molecular flexibility index (Phi) is 4.82. The topological polar surface area (TPSA) is 81.4 Å². The first kappa shape index (κ1) is 16.0. The monoisotopic (exact) mass is 318 g/mol. The zero-order chi connectivity index (χ0) is 16.3. The first-order chi connectivity index (χ1) is 10.4. The van der Waals surface area contributed by atoms with Crippen molar-refractivity contribution in [1.82, 2.24) is 0 Å². The summed E-state index contributed by atoms with van der Waals surface area (Å²) >= 11 is 1.35. The summed E-state index contributed by atoms with van der Waals surface area (Å²) < 4.78 is 5.34. The molecule has 0 aliphatic carbocycles. The lowest BCUT2D eigenvalue weighted by molar-refractivity contribution is 0.100. The Bertz CT molecular complexity index is 705. The van der Waals surface area contributed by atoms with Crippen molar-refractivity contribution in [3.05, 3.63) is 45.8 Å². The SMILES string of the molecule is CCOc1ccc(C(=O)Nc2sc(C)c(C)c2C(N)=O)cc1. The minimum atomic E-state index is -0.538. The van der Waals surface area contributed by atoms with Gasteiger partial charge in [0, 0.05) is 10.4 Å². The molecule has 2 amide bonds. The van der Waals surface area contributed by atoms with Crippen LogP contribution >= 0.6 is 11.3 Å². The molecule has 116 valence electrons. The number of carbonyl (C=O) groups excluding carboxylic acids is 2. The second kappa shape index (κ2) is 6.62. The van der Waals surface area contributed by atoms with E-state index in [9.17, 15) is 9.59 Å². The van der Waals surface area contributed by atoms with E-state index in [4.69, 9.17) is 10.5 Å². The minimum Gasteiger partial charge on any atom is -0.494 e. The zero-order valence-electron chi connectivity index (χ0n) is 12.7. The predicted molar refractivity (Wildman–Crippen MR) is 87.9 cm³/mol. The molecule has 1 aromatic carbocycles. The van der Waals surface area contributed by atoms with Crippen molar-refractivity contribution in [2.24, 2.45) is 5.73 Å². The summed E-state index contributed by atoms with van der Waals surface area (Å²) in [6.07, 6.45) is 0. The van der Waals surface area contributed by atoms with Crippen LogP contribution in [0.15, 0.2) is 24.3 Å². The number of anilines is 1. The van der Waals surface area contributed by atoms with Gasteiger partial charge in [0.15, 0.2) is 0 Å². The molecule has 0 saturated heterocycles. The van der Waals surface area contributed by atoms with E-state index in [-0.39, 0.29) is 5.91 Å². The van der Waals surface area contributed by atoms with E-state index in [1.807, 2.05) is 20.8 Å². The number of rotatable bonds is 5. The number of aryl methyl sites for hydroxylation is 1. The summed E-state index contributed by atoms with van der Waals surface area (Å²) in [6, 6.07) is 6.83. The lowest BCUT2D eigenvalue weighted by Gasteiger charge is -2.07. The van der Waals surface area contributed by atoms with Gasteiger partial charge in [0.1, 0.15) is 10.8 Å². The minimum absolute atomic E-state index is 0.285. The van der Waals surface area contributed by atoms with Crippen LogP contribution in [0.3, 0.4) is 0 Å². The van der Waals surface area contributed by atoms with Crippen LogP contribution in [0.2, 0.25) is 0 Å². The van der Waals surface area contributed by atoms with Gasteiger partial charge in [-0.25, -0.2) is 0 Å². The first-order valence-electron chi connectivity index (χ1n) is 6.88. The van der Waals surface area contributed by atoms with Gasteiger partial charge in [0.25, 0.3) is 11.8 Å². The van der Waals surface area contributed by atoms with Crippen molar-refractivity contribution >= 4 is 28.2 Å². The molecule has 5 nitrogen and oxygen atoms in total. The molecule has 0 aliphatic heterocycles. The number of thiophene rings is 1. The molecule has 0 fully saturated rings. The van der Waals surface area contributed by atoms with Crippen LogP contribution in [0.25, 0.3) is 0 Å². The lowest BCUT2D eigenvalue weighted by atomic mass is 10.1. The summed E-state index contributed by atoms with van der Waals surface area (Å²) in [5.74, 6) is -0.115. The molecule has 0 spiro atoms. The number of hydrogen-bond donors (Lipinski definition) is 2. The molecule has 0 saturated carbocycles. The highest BCUT2D eigenvalue weighted by molar-refractivity contribution is 7.16. The molecule has 0 bridgehead atoms. The molecule has 3 N–H and O–H groups in total. The third kappa shape index (κ3) is 3.28.